The summed E-state index contributed by atoms with van der Waals surface area (Å²) < 4.78 is 0. The third kappa shape index (κ3) is 7.72. The van der Waals surface area contributed by atoms with Crippen molar-refractivity contribution in [3.63, 3.8) is 0 Å². The SMILES string of the molecule is N#CCCN(CCO)CCCCO. The fraction of sp³-hybridized carbons (Fsp3) is 0.889. The molecule has 0 aromatic carbocycles. The van der Waals surface area contributed by atoms with Gasteiger partial charge in [-0.05, 0) is 19.4 Å². The van der Waals surface area contributed by atoms with Gasteiger partial charge in [0.1, 0.15) is 0 Å². The molecule has 0 amide bonds. The highest BCUT2D eigenvalue weighted by molar-refractivity contribution is 4.72. The predicted molar refractivity (Wildman–Crippen MR) is 50.1 cm³/mol. The van der Waals surface area contributed by atoms with E-state index in [4.69, 9.17) is 15.5 Å². The van der Waals surface area contributed by atoms with Gasteiger partial charge in [0.2, 0.25) is 0 Å². The Morgan fingerprint density at radius 1 is 1.00 bits per heavy atom. The molecule has 0 unspecified atom stereocenters. The monoisotopic (exact) mass is 186 g/mol. The lowest BCUT2D eigenvalue weighted by Crippen LogP contribution is -2.29. The maximum absolute atomic E-state index is 8.72. The number of unbranched alkanes of at least 4 members (excludes halogenated alkanes) is 1. The first-order chi connectivity index (χ1) is 6.35. The number of nitriles is 1. The van der Waals surface area contributed by atoms with Gasteiger partial charge in [0, 0.05) is 26.1 Å². The van der Waals surface area contributed by atoms with Gasteiger partial charge in [0.05, 0.1) is 12.7 Å². The minimum absolute atomic E-state index is 0.130. The quantitative estimate of drug-likeness (QED) is 0.522. The van der Waals surface area contributed by atoms with Gasteiger partial charge >= 0.3 is 0 Å². The first kappa shape index (κ1) is 12.4. The normalized spacial score (nSPS) is 10.3. The van der Waals surface area contributed by atoms with Crippen molar-refractivity contribution in [1.82, 2.24) is 4.90 Å². The Labute approximate surface area is 79.4 Å². The van der Waals surface area contributed by atoms with Crippen LogP contribution in [0.2, 0.25) is 0 Å². The van der Waals surface area contributed by atoms with E-state index in [1.54, 1.807) is 0 Å². The molecule has 0 aromatic rings. The molecule has 0 aliphatic rings. The summed E-state index contributed by atoms with van der Waals surface area (Å²) in [7, 11) is 0. The third-order valence-electron chi connectivity index (χ3n) is 1.84. The van der Waals surface area contributed by atoms with E-state index in [0.717, 1.165) is 19.4 Å². The molecule has 2 N–H and O–H groups in total. The Morgan fingerprint density at radius 2 is 1.77 bits per heavy atom. The van der Waals surface area contributed by atoms with Crippen LogP contribution in [-0.2, 0) is 0 Å². The first-order valence-corrected chi connectivity index (χ1v) is 4.66. The summed E-state index contributed by atoms with van der Waals surface area (Å²) in [6.45, 7) is 2.52. The summed E-state index contributed by atoms with van der Waals surface area (Å²) in [4.78, 5) is 2.04. The second-order valence-electron chi connectivity index (χ2n) is 2.90. The van der Waals surface area contributed by atoms with Crippen LogP contribution in [0.5, 0.6) is 0 Å². The van der Waals surface area contributed by atoms with Crippen molar-refractivity contribution in [3.8, 4) is 6.07 Å². The van der Waals surface area contributed by atoms with Crippen LogP contribution < -0.4 is 0 Å². The molecule has 0 aliphatic carbocycles. The first-order valence-electron chi connectivity index (χ1n) is 4.66. The van der Waals surface area contributed by atoms with Gasteiger partial charge < -0.3 is 15.1 Å². The lowest BCUT2D eigenvalue weighted by molar-refractivity contribution is 0.190. The van der Waals surface area contributed by atoms with Gasteiger partial charge in [0.25, 0.3) is 0 Å². The summed E-state index contributed by atoms with van der Waals surface area (Å²) in [5, 5.41) is 25.7. The molecule has 0 radical (unpaired) electrons. The van der Waals surface area contributed by atoms with Crippen LogP contribution in [0, 0.1) is 11.3 Å². The van der Waals surface area contributed by atoms with Crippen molar-refractivity contribution in [1.29, 1.82) is 5.26 Å². The summed E-state index contributed by atoms with van der Waals surface area (Å²) in [6.07, 6.45) is 2.20. The Bertz CT molecular complexity index is 145. The summed E-state index contributed by atoms with van der Waals surface area (Å²) >= 11 is 0. The Hall–Kier alpha value is -0.630. The topological polar surface area (TPSA) is 67.5 Å². The molecule has 0 atom stereocenters. The molecule has 4 nitrogen and oxygen atoms in total. The van der Waals surface area contributed by atoms with Crippen LogP contribution in [0.25, 0.3) is 0 Å². The summed E-state index contributed by atoms with van der Waals surface area (Å²) in [6, 6.07) is 2.07. The van der Waals surface area contributed by atoms with Gasteiger partial charge in [-0.25, -0.2) is 0 Å². The molecule has 13 heavy (non-hydrogen) atoms. The molecule has 4 heteroatoms. The van der Waals surface area contributed by atoms with E-state index in [2.05, 4.69) is 6.07 Å². The van der Waals surface area contributed by atoms with Crippen molar-refractivity contribution in [2.75, 3.05) is 32.8 Å². The van der Waals surface area contributed by atoms with Crippen LogP contribution in [-0.4, -0.2) is 48.0 Å². The molecule has 0 heterocycles. The van der Waals surface area contributed by atoms with Crippen LogP contribution in [0.3, 0.4) is 0 Å². The van der Waals surface area contributed by atoms with Gasteiger partial charge in [-0.1, -0.05) is 0 Å². The van der Waals surface area contributed by atoms with Crippen LogP contribution in [0.1, 0.15) is 19.3 Å². The highest BCUT2D eigenvalue weighted by atomic mass is 16.3. The fourth-order valence-corrected chi connectivity index (χ4v) is 1.13. The van der Waals surface area contributed by atoms with Gasteiger partial charge in [-0.15, -0.1) is 0 Å². The van der Waals surface area contributed by atoms with E-state index < -0.39 is 0 Å². The highest BCUT2D eigenvalue weighted by Gasteiger charge is 2.02. The van der Waals surface area contributed by atoms with Crippen molar-refractivity contribution in [2.24, 2.45) is 0 Å². The number of nitrogens with zero attached hydrogens (tertiary/aromatic N) is 2. The number of aliphatic hydroxyl groups excluding tert-OH is 2. The highest BCUT2D eigenvalue weighted by Crippen LogP contribution is 1.95. The second kappa shape index (κ2) is 9.46. The Kier molecular flexibility index (Phi) is 9.00. The molecule has 0 fully saturated rings. The molecule has 76 valence electrons. The Morgan fingerprint density at radius 3 is 2.31 bits per heavy atom. The zero-order valence-electron chi connectivity index (χ0n) is 7.95. The molecule has 0 aliphatic heterocycles. The van der Waals surface area contributed by atoms with Crippen LogP contribution >= 0.6 is 0 Å². The maximum atomic E-state index is 8.72. The third-order valence-corrected chi connectivity index (χ3v) is 1.84. The molecule has 0 saturated carbocycles. The molecule has 0 aromatic heterocycles. The molecular formula is C9H18N2O2. The fourth-order valence-electron chi connectivity index (χ4n) is 1.13. The van der Waals surface area contributed by atoms with Crippen molar-refractivity contribution in [3.05, 3.63) is 0 Å². The summed E-state index contributed by atoms with van der Waals surface area (Å²) in [5.74, 6) is 0. The van der Waals surface area contributed by atoms with E-state index in [1.165, 1.54) is 0 Å². The minimum Gasteiger partial charge on any atom is -0.396 e. The standard InChI is InChI=1S/C9H18N2O2/c10-4-3-6-11(7-9-13)5-1-2-8-12/h12-13H,1-3,5-9H2. The van der Waals surface area contributed by atoms with E-state index in [9.17, 15) is 0 Å². The zero-order chi connectivity index (χ0) is 9.94. The number of rotatable bonds is 8. The van der Waals surface area contributed by atoms with Crippen LogP contribution in [0.15, 0.2) is 0 Å². The zero-order valence-corrected chi connectivity index (χ0v) is 7.95. The van der Waals surface area contributed by atoms with Crippen molar-refractivity contribution in [2.45, 2.75) is 19.3 Å². The molecule has 0 saturated heterocycles. The summed E-state index contributed by atoms with van der Waals surface area (Å²) in [5.41, 5.74) is 0. The lowest BCUT2D eigenvalue weighted by atomic mass is 10.3. The molecule has 0 bridgehead atoms. The van der Waals surface area contributed by atoms with Crippen molar-refractivity contribution >= 4 is 0 Å². The lowest BCUT2D eigenvalue weighted by Gasteiger charge is -2.19. The van der Waals surface area contributed by atoms with Gasteiger partial charge in [-0.3, -0.25) is 0 Å². The van der Waals surface area contributed by atoms with E-state index in [-0.39, 0.29) is 13.2 Å². The Balaban J connectivity index is 3.48. The van der Waals surface area contributed by atoms with E-state index in [0.29, 0.717) is 19.5 Å². The second-order valence-corrected chi connectivity index (χ2v) is 2.90. The predicted octanol–water partition coefficient (Wildman–Crippen LogP) is -0.0331. The molecule has 0 rings (SSSR count). The number of hydrogen-bond donors (Lipinski definition) is 2. The average Bonchev–Trinajstić information content (AvgIpc) is 2.14. The molecule has 0 spiro atoms. The van der Waals surface area contributed by atoms with E-state index >= 15 is 0 Å². The smallest absolute Gasteiger partial charge is 0.0635 e. The number of aliphatic hydroxyl groups is 2. The van der Waals surface area contributed by atoms with Crippen molar-refractivity contribution < 1.29 is 10.2 Å². The average molecular weight is 186 g/mol. The van der Waals surface area contributed by atoms with E-state index in [1.807, 2.05) is 4.90 Å². The maximum Gasteiger partial charge on any atom is 0.0635 e. The number of hydrogen-bond acceptors (Lipinski definition) is 4. The van der Waals surface area contributed by atoms with Gasteiger partial charge in [-0.2, -0.15) is 5.26 Å². The van der Waals surface area contributed by atoms with Crippen LogP contribution in [0.4, 0.5) is 0 Å². The minimum atomic E-state index is 0.130. The largest absolute Gasteiger partial charge is 0.396 e. The molecular weight excluding hydrogens is 168 g/mol. The van der Waals surface area contributed by atoms with Gasteiger partial charge in [0.15, 0.2) is 0 Å².